The van der Waals surface area contributed by atoms with Crippen LogP contribution in [0.3, 0.4) is 0 Å². The molecule has 0 bridgehead atoms. The van der Waals surface area contributed by atoms with Crippen molar-refractivity contribution in [2.75, 3.05) is 6.61 Å². The van der Waals surface area contributed by atoms with Gasteiger partial charge < -0.3 is 15.5 Å². The van der Waals surface area contributed by atoms with Crippen molar-refractivity contribution in [3.05, 3.63) is 24.3 Å². The molecule has 0 aliphatic heterocycles. The van der Waals surface area contributed by atoms with Crippen LogP contribution in [0.2, 0.25) is 0 Å². The minimum Gasteiger partial charge on any atom is -0.394 e. The predicted molar refractivity (Wildman–Crippen MR) is 156 cm³/mol. The Kier molecular flexibility index (Phi) is 27.5. The number of rotatable bonds is 27. The lowest BCUT2D eigenvalue weighted by molar-refractivity contribution is -0.123. The van der Waals surface area contributed by atoms with Crippen LogP contribution in [0.15, 0.2) is 24.3 Å². The first-order valence-corrected chi connectivity index (χ1v) is 15.6. The molecule has 0 aromatic heterocycles. The summed E-state index contributed by atoms with van der Waals surface area (Å²) in [5.41, 5.74) is 0. The monoisotopic (exact) mass is 507 g/mol. The number of amides is 1. The highest BCUT2D eigenvalue weighted by Gasteiger charge is 2.17. The van der Waals surface area contributed by atoms with E-state index >= 15 is 0 Å². The third-order valence-corrected chi connectivity index (χ3v) is 6.91. The Balaban J connectivity index is 3.68. The van der Waals surface area contributed by atoms with Crippen LogP contribution < -0.4 is 5.32 Å². The van der Waals surface area contributed by atoms with Crippen molar-refractivity contribution in [2.45, 2.75) is 167 Å². The molecular formula is C32H61NO3. The molecule has 2 unspecified atom stereocenters. The maximum Gasteiger partial charge on any atom is 0.220 e. The highest BCUT2D eigenvalue weighted by atomic mass is 16.3. The average Bonchev–Trinajstić information content (AvgIpc) is 2.88. The molecule has 3 N–H and O–H groups in total. The van der Waals surface area contributed by atoms with E-state index in [0.717, 1.165) is 38.5 Å². The van der Waals surface area contributed by atoms with E-state index < -0.39 is 12.1 Å². The standard InChI is InChI=1S/C32H61NO3/c1-3-5-7-9-11-13-15-16-17-18-19-21-23-25-27-31(35)30(29-34)33-32(36)28-26-24-22-20-14-12-10-8-6-4-2/h8,10,25,27,30-31,34-35H,3-7,9,11-24,26,28-29H2,1-2H3,(H,33,36)/b10-8-,27-25+. The van der Waals surface area contributed by atoms with E-state index in [9.17, 15) is 15.0 Å². The molecule has 0 spiro atoms. The van der Waals surface area contributed by atoms with Gasteiger partial charge in [0.05, 0.1) is 18.8 Å². The number of aliphatic hydroxyl groups excluding tert-OH is 2. The summed E-state index contributed by atoms with van der Waals surface area (Å²) < 4.78 is 0. The molecule has 0 aliphatic carbocycles. The Hall–Kier alpha value is -1.13. The van der Waals surface area contributed by atoms with E-state index in [2.05, 4.69) is 31.3 Å². The van der Waals surface area contributed by atoms with E-state index in [4.69, 9.17) is 0 Å². The van der Waals surface area contributed by atoms with Crippen molar-refractivity contribution < 1.29 is 15.0 Å². The highest BCUT2D eigenvalue weighted by molar-refractivity contribution is 5.76. The molecule has 36 heavy (non-hydrogen) atoms. The Morgan fingerprint density at radius 3 is 1.64 bits per heavy atom. The van der Waals surface area contributed by atoms with Gasteiger partial charge in [-0.1, -0.05) is 134 Å². The number of hydrogen-bond acceptors (Lipinski definition) is 3. The molecule has 212 valence electrons. The molecule has 1 amide bonds. The van der Waals surface area contributed by atoms with Crippen molar-refractivity contribution in [3.8, 4) is 0 Å². The Morgan fingerprint density at radius 1 is 0.639 bits per heavy atom. The lowest BCUT2D eigenvalue weighted by Crippen LogP contribution is -2.45. The highest BCUT2D eigenvalue weighted by Crippen LogP contribution is 2.13. The molecule has 0 saturated heterocycles. The van der Waals surface area contributed by atoms with Crippen LogP contribution in [0.5, 0.6) is 0 Å². The first-order valence-electron chi connectivity index (χ1n) is 15.6. The van der Waals surface area contributed by atoms with Crippen LogP contribution in [0.1, 0.15) is 155 Å². The summed E-state index contributed by atoms with van der Waals surface area (Å²) >= 11 is 0. The average molecular weight is 508 g/mol. The summed E-state index contributed by atoms with van der Waals surface area (Å²) in [5, 5.41) is 22.7. The van der Waals surface area contributed by atoms with Crippen LogP contribution in [-0.4, -0.2) is 34.9 Å². The van der Waals surface area contributed by atoms with E-state index in [1.165, 1.54) is 96.3 Å². The fraction of sp³-hybridized carbons (Fsp3) is 0.844. The smallest absolute Gasteiger partial charge is 0.220 e. The maximum absolute atomic E-state index is 12.2. The van der Waals surface area contributed by atoms with Gasteiger partial charge in [-0.2, -0.15) is 0 Å². The maximum atomic E-state index is 12.2. The van der Waals surface area contributed by atoms with Crippen molar-refractivity contribution >= 4 is 5.91 Å². The summed E-state index contributed by atoms with van der Waals surface area (Å²) in [5.74, 6) is -0.0787. The molecule has 0 aromatic rings. The number of carbonyl (C=O) groups excluding carboxylic acids is 1. The van der Waals surface area contributed by atoms with Gasteiger partial charge >= 0.3 is 0 Å². The fourth-order valence-corrected chi connectivity index (χ4v) is 4.47. The molecule has 0 fully saturated rings. The topological polar surface area (TPSA) is 69.6 Å². The number of allylic oxidation sites excluding steroid dienone is 3. The van der Waals surface area contributed by atoms with E-state index in [-0.39, 0.29) is 12.5 Å². The number of aliphatic hydroxyl groups is 2. The number of hydrogen-bond donors (Lipinski definition) is 3. The molecule has 0 heterocycles. The molecule has 2 atom stereocenters. The second kappa shape index (κ2) is 28.4. The van der Waals surface area contributed by atoms with Gasteiger partial charge in [0.15, 0.2) is 0 Å². The zero-order valence-corrected chi connectivity index (χ0v) is 24.0. The van der Waals surface area contributed by atoms with Crippen molar-refractivity contribution in [2.24, 2.45) is 0 Å². The summed E-state index contributed by atoms with van der Waals surface area (Å²) in [7, 11) is 0. The van der Waals surface area contributed by atoms with Crippen LogP contribution in [0, 0.1) is 0 Å². The van der Waals surface area contributed by atoms with Crippen molar-refractivity contribution in [3.63, 3.8) is 0 Å². The molecule has 0 radical (unpaired) electrons. The minimum absolute atomic E-state index is 0.0787. The lowest BCUT2D eigenvalue weighted by Gasteiger charge is -2.20. The molecular weight excluding hydrogens is 446 g/mol. The third kappa shape index (κ3) is 24.6. The van der Waals surface area contributed by atoms with Gasteiger partial charge in [0, 0.05) is 6.42 Å². The molecule has 0 aromatic carbocycles. The van der Waals surface area contributed by atoms with Crippen molar-refractivity contribution in [1.29, 1.82) is 0 Å². The number of nitrogens with one attached hydrogen (secondary N) is 1. The van der Waals surface area contributed by atoms with Crippen molar-refractivity contribution in [1.82, 2.24) is 5.32 Å². The SMILES string of the molecule is CCC/C=C\CCCCCCCC(=O)NC(CO)C(O)/C=C/CCCCCCCCCCCCCC. The normalized spacial score (nSPS) is 13.6. The van der Waals surface area contributed by atoms with Crippen LogP contribution in [0.25, 0.3) is 0 Å². The zero-order chi connectivity index (χ0) is 26.5. The van der Waals surface area contributed by atoms with E-state index in [1.54, 1.807) is 6.08 Å². The Morgan fingerprint density at radius 2 is 1.11 bits per heavy atom. The first kappa shape index (κ1) is 34.9. The molecule has 0 aliphatic rings. The second-order valence-electron chi connectivity index (χ2n) is 10.5. The van der Waals surface area contributed by atoms with Gasteiger partial charge in [0.25, 0.3) is 0 Å². The minimum atomic E-state index is -0.836. The Labute approximate surface area is 224 Å². The summed E-state index contributed by atoms with van der Waals surface area (Å²) in [4.78, 5) is 12.2. The zero-order valence-electron chi connectivity index (χ0n) is 24.0. The largest absolute Gasteiger partial charge is 0.394 e. The molecule has 0 saturated carbocycles. The molecule has 4 nitrogen and oxygen atoms in total. The van der Waals surface area contributed by atoms with Gasteiger partial charge in [0.2, 0.25) is 5.91 Å². The van der Waals surface area contributed by atoms with Gasteiger partial charge in [-0.15, -0.1) is 0 Å². The van der Waals surface area contributed by atoms with Gasteiger partial charge in [-0.05, 0) is 38.5 Å². The number of unbranched alkanes of at least 4 members (excludes halogenated alkanes) is 18. The van der Waals surface area contributed by atoms with Crippen LogP contribution >= 0.6 is 0 Å². The molecule has 0 rings (SSSR count). The van der Waals surface area contributed by atoms with Gasteiger partial charge in [0.1, 0.15) is 0 Å². The Bertz CT molecular complexity index is 518. The summed E-state index contributed by atoms with van der Waals surface area (Å²) in [6.45, 7) is 4.21. The van der Waals surface area contributed by atoms with Gasteiger partial charge in [-0.25, -0.2) is 0 Å². The number of carbonyl (C=O) groups is 1. The van der Waals surface area contributed by atoms with Crippen LogP contribution in [-0.2, 0) is 4.79 Å². The lowest BCUT2D eigenvalue weighted by atomic mass is 10.0. The van der Waals surface area contributed by atoms with Gasteiger partial charge in [-0.3, -0.25) is 4.79 Å². The van der Waals surface area contributed by atoms with Crippen LogP contribution in [0.4, 0.5) is 0 Å². The quantitative estimate of drug-likeness (QED) is 0.0770. The predicted octanol–water partition coefficient (Wildman–Crippen LogP) is 8.56. The summed E-state index contributed by atoms with van der Waals surface area (Å²) in [6.07, 6.45) is 33.9. The third-order valence-electron chi connectivity index (χ3n) is 6.91. The first-order chi connectivity index (χ1) is 17.7. The van der Waals surface area contributed by atoms with E-state index in [0.29, 0.717) is 6.42 Å². The fourth-order valence-electron chi connectivity index (χ4n) is 4.47. The summed E-state index contributed by atoms with van der Waals surface area (Å²) in [6, 6.07) is -0.620. The van der Waals surface area contributed by atoms with E-state index in [1.807, 2.05) is 6.08 Å². The molecule has 4 heteroatoms. The second-order valence-corrected chi connectivity index (χ2v) is 10.5.